The monoisotopic (exact) mass is 394 g/mol. The van der Waals surface area contributed by atoms with Crippen LogP contribution in [0.1, 0.15) is 20.7 Å². The summed E-state index contributed by atoms with van der Waals surface area (Å²) in [4.78, 5) is 23.9. The number of aliphatic hydroxyl groups is 1. The summed E-state index contributed by atoms with van der Waals surface area (Å²) in [5.74, 6) is -5.85. The average Bonchev–Trinajstić information content (AvgIpc) is 2.65. The van der Waals surface area contributed by atoms with E-state index in [0.29, 0.717) is 0 Å². The second-order valence-electron chi connectivity index (χ2n) is 5.80. The molecule has 0 atom stereocenters. The van der Waals surface area contributed by atoms with Crippen LogP contribution < -0.4 is 10.6 Å². The van der Waals surface area contributed by atoms with Crippen molar-refractivity contribution in [1.29, 1.82) is 0 Å². The molecule has 0 radical (unpaired) electrons. The topological polar surface area (TPSA) is 200 Å². The maximum atomic E-state index is 11.9. The van der Waals surface area contributed by atoms with E-state index in [0.717, 1.165) is 24.3 Å². The second kappa shape index (κ2) is 8.22. The molecule has 2 aromatic rings. The minimum Gasteiger partial charge on any atom is -0.504 e. The van der Waals surface area contributed by atoms with Crippen molar-refractivity contribution in [3.05, 3.63) is 35.4 Å². The molecule has 0 unspecified atom stereocenters. The molecular weight excluding hydrogens is 376 g/mol. The summed E-state index contributed by atoms with van der Waals surface area (Å²) in [5, 5.41) is 70.4. The zero-order valence-electron chi connectivity index (χ0n) is 14.2. The van der Waals surface area contributed by atoms with Crippen LogP contribution in [0.5, 0.6) is 34.5 Å². The molecule has 2 rings (SSSR count). The molecule has 0 spiro atoms. The number of aliphatic hydroxyl groups excluding tert-OH is 1. The molecule has 0 bridgehead atoms. The zero-order chi connectivity index (χ0) is 21.0. The van der Waals surface area contributed by atoms with Gasteiger partial charge in [-0.1, -0.05) is 0 Å². The predicted octanol–water partition coefficient (Wildman–Crippen LogP) is -0.559. The van der Waals surface area contributed by atoms with Crippen molar-refractivity contribution in [3.63, 3.8) is 0 Å². The molecule has 0 saturated heterocycles. The first-order valence-electron chi connectivity index (χ1n) is 7.84. The summed E-state index contributed by atoms with van der Waals surface area (Å²) in [6.45, 7) is -0.596. The van der Waals surface area contributed by atoms with Crippen LogP contribution in [0.15, 0.2) is 24.3 Å². The first kappa shape index (κ1) is 20.5. The standard InChI is InChI=1S/C17H18N2O9/c20-9(5-18-16(27)7-1-10(21)14(25)11(22)2-7)6-19-17(28)8-3-12(23)15(26)13(24)4-8/h1-4,9,20-26H,5-6H2,(H,18,27)(H,19,28). The number of hydrogen-bond acceptors (Lipinski definition) is 9. The maximum Gasteiger partial charge on any atom is 0.251 e. The van der Waals surface area contributed by atoms with Crippen LogP contribution >= 0.6 is 0 Å². The van der Waals surface area contributed by atoms with E-state index in [1.54, 1.807) is 0 Å². The number of nitrogens with one attached hydrogen (secondary N) is 2. The number of phenolic OH excluding ortho intramolecular Hbond substituents is 6. The molecule has 0 aliphatic carbocycles. The van der Waals surface area contributed by atoms with Gasteiger partial charge in [-0.3, -0.25) is 9.59 Å². The van der Waals surface area contributed by atoms with E-state index < -0.39 is 52.4 Å². The summed E-state index contributed by atoms with van der Waals surface area (Å²) in [5.41, 5.74) is -0.335. The SMILES string of the molecule is O=C(NCC(O)CNC(=O)c1cc(O)c(O)c(O)c1)c1cc(O)c(O)c(O)c1. The Kier molecular flexibility index (Phi) is 6.01. The summed E-state index contributed by atoms with van der Waals surface area (Å²) in [6.07, 6.45) is -1.22. The van der Waals surface area contributed by atoms with Gasteiger partial charge in [-0.25, -0.2) is 0 Å². The van der Waals surface area contributed by atoms with Gasteiger partial charge in [0.1, 0.15) is 0 Å². The molecule has 0 heterocycles. The molecule has 9 N–H and O–H groups in total. The van der Waals surface area contributed by atoms with Crippen molar-refractivity contribution < 1.29 is 45.3 Å². The van der Waals surface area contributed by atoms with E-state index in [1.165, 1.54) is 0 Å². The van der Waals surface area contributed by atoms with Crippen LogP contribution in [0.2, 0.25) is 0 Å². The molecule has 2 aromatic carbocycles. The van der Waals surface area contributed by atoms with Crippen LogP contribution in [0.25, 0.3) is 0 Å². The Hall–Kier alpha value is -3.86. The van der Waals surface area contributed by atoms with Crippen molar-refractivity contribution in [2.24, 2.45) is 0 Å². The molecule has 28 heavy (non-hydrogen) atoms. The van der Waals surface area contributed by atoms with Crippen LogP contribution in [0.4, 0.5) is 0 Å². The fourth-order valence-corrected chi connectivity index (χ4v) is 2.17. The van der Waals surface area contributed by atoms with Crippen molar-refractivity contribution >= 4 is 11.8 Å². The van der Waals surface area contributed by atoms with E-state index >= 15 is 0 Å². The van der Waals surface area contributed by atoms with Gasteiger partial charge in [0.05, 0.1) is 6.10 Å². The smallest absolute Gasteiger partial charge is 0.251 e. The molecule has 0 fully saturated rings. The minimum atomic E-state index is -1.22. The third kappa shape index (κ3) is 4.65. The van der Waals surface area contributed by atoms with Gasteiger partial charge in [0.25, 0.3) is 11.8 Å². The lowest BCUT2D eigenvalue weighted by molar-refractivity contribution is 0.0884. The lowest BCUT2D eigenvalue weighted by Gasteiger charge is -2.14. The van der Waals surface area contributed by atoms with Crippen molar-refractivity contribution in [2.45, 2.75) is 6.10 Å². The highest BCUT2D eigenvalue weighted by Crippen LogP contribution is 2.36. The van der Waals surface area contributed by atoms with E-state index in [-0.39, 0.29) is 24.2 Å². The summed E-state index contributed by atoms with van der Waals surface area (Å²) in [6, 6.07) is 3.68. The van der Waals surface area contributed by atoms with E-state index in [1.807, 2.05) is 0 Å². The van der Waals surface area contributed by atoms with E-state index in [9.17, 15) is 45.3 Å². The average molecular weight is 394 g/mol. The first-order chi connectivity index (χ1) is 13.1. The Balaban J connectivity index is 1.88. The fraction of sp³-hybridized carbons (Fsp3) is 0.176. The maximum absolute atomic E-state index is 11.9. The summed E-state index contributed by atoms with van der Waals surface area (Å²) < 4.78 is 0. The normalized spacial score (nSPS) is 10.6. The van der Waals surface area contributed by atoms with E-state index in [4.69, 9.17) is 0 Å². The van der Waals surface area contributed by atoms with Gasteiger partial charge >= 0.3 is 0 Å². The highest BCUT2D eigenvalue weighted by molar-refractivity contribution is 5.96. The third-order valence-electron chi connectivity index (χ3n) is 3.66. The van der Waals surface area contributed by atoms with Gasteiger partial charge in [-0.2, -0.15) is 0 Å². The van der Waals surface area contributed by atoms with Gasteiger partial charge in [0.2, 0.25) is 0 Å². The molecular formula is C17H18N2O9. The lowest BCUT2D eigenvalue weighted by Crippen LogP contribution is -2.40. The predicted molar refractivity (Wildman–Crippen MR) is 93.5 cm³/mol. The molecule has 150 valence electrons. The number of benzene rings is 2. The molecule has 0 saturated carbocycles. The molecule has 0 aliphatic heterocycles. The van der Waals surface area contributed by atoms with Gasteiger partial charge < -0.3 is 46.4 Å². The number of aromatic hydroxyl groups is 6. The third-order valence-corrected chi connectivity index (χ3v) is 3.66. The Morgan fingerprint density at radius 2 is 0.964 bits per heavy atom. The van der Waals surface area contributed by atoms with Gasteiger partial charge in [-0.05, 0) is 24.3 Å². The number of carbonyl (C=O) groups excluding carboxylic acids is 2. The Labute approximate surface area is 157 Å². The van der Waals surface area contributed by atoms with Crippen LogP contribution in [-0.4, -0.2) is 66.8 Å². The zero-order valence-corrected chi connectivity index (χ0v) is 14.2. The minimum absolute atomic E-state index is 0.168. The number of hydrogen-bond donors (Lipinski definition) is 9. The molecule has 11 nitrogen and oxygen atoms in total. The summed E-state index contributed by atoms with van der Waals surface area (Å²) >= 11 is 0. The second-order valence-corrected chi connectivity index (χ2v) is 5.80. The Morgan fingerprint density at radius 1 is 0.679 bits per heavy atom. The lowest BCUT2D eigenvalue weighted by atomic mass is 10.1. The van der Waals surface area contributed by atoms with Gasteiger partial charge in [0, 0.05) is 24.2 Å². The van der Waals surface area contributed by atoms with Gasteiger partial charge in [0.15, 0.2) is 34.5 Å². The Morgan fingerprint density at radius 3 is 1.25 bits per heavy atom. The fourth-order valence-electron chi connectivity index (χ4n) is 2.17. The molecule has 0 aromatic heterocycles. The quantitative estimate of drug-likeness (QED) is 0.288. The number of carbonyl (C=O) groups is 2. The number of phenols is 6. The summed E-state index contributed by atoms with van der Waals surface area (Å²) in [7, 11) is 0. The molecule has 2 amide bonds. The number of amides is 2. The van der Waals surface area contributed by atoms with E-state index in [2.05, 4.69) is 10.6 Å². The van der Waals surface area contributed by atoms with Crippen LogP contribution in [-0.2, 0) is 0 Å². The highest BCUT2D eigenvalue weighted by atomic mass is 16.3. The first-order valence-corrected chi connectivity index (χ1v) is 7.84. The van der Waals surface area contributed by atoms with Crippen molar-refractivity contribution in [1.82, 2.24) is 10.6 Å². The number of rotatable bonds is 6. The molecule has 11 heteroatoms. The van der Waals surface area contributed by atoms with Crippen molar-refractivity contribution in [3.8, 4) is 34.5 Å². The van der Waals surface area contributed by atoms with Crippen LogP contribution in [0, 0.1) is 0 Å². The van der Waals surface area contributed by atoms with Crippen molar-refractivity contribution in [2.75, 3.05) is 13.1 Å². The molecule has 0 aliphatic rings. The van der Waals surface area contributed by atoms with Gasteiger partial charge in [-0.15, -0.1) is 0 Å². The Bertz CT molecular complexity index is 794. The largest absolute Gasteiger partial charge is 0.504 e. The van der Waals surface area contributed by atoms with Crippen LogP contribution in [0.3, 0.4) is 0 Å². The highest BCUT2D eigenvalue weighted by Gasteiger charge is 2.16.